The van der Waals surface area contributed by atoms with Gasteiger partial charge < -0.3 is 14.5 Å². The standard InChI is InChI=1S/C27H35FN2O3/c1-17(2)15-25(31)30-14-13-20-9-12-23(33-19(5)27(32)29(6)18(3)4)16-24(20)26(30)21-7-10-22(28)11-8-21/h7-12,16-19,26H,13-15H2,1-6H3. The first-order chi connectivity index (χ1) is 15.6. The molecule has 2 unspecified atom stereocenters. The van der Waals surface area contributed by atoms with Crippen molar-refractivity contribution in [3.05, 3.63) is 65.0 Å². The molecule has 0 bridgehead atoms. The number of fused-ring (bicyclic) bond motifs is 1. The van der Waals surface area contributed by atoms with Crippen molar-refractivity contribution in [2.75, 3.05) is 13.6 Å². The van der Waals surface area contributed by atoms with Gasteiger partial charge in [-0.25, -0.2) is 4.39 Å². The fraction of sp³-hybridized carbons (Fsp3) is 0.481. The topological polar surface area (TPSA) is 49.9 Å². The number of carbonyl (C=O) groups excluding carboxylic acids is 2. The highest BCUT2D eigenvalue weighted by atomic mass is 19.1. The molecule has 33 heavy (non-hydrogen) atoms. The molecule has 0 spiro atoms. The first kappa shape index (κ1) is 24.7. The Bertz CT molecular complexity index is 987. The smallest absolute Gasteiger partial charge is 0.263 e. The van der Waals surface area contributed by atoms with Crippen LogP contribution in [0.15, 0.2) is 42.5 Å². The Morgan fingerprint density at radius 3 is 2.36 bits per heavy atom. The predicted octanol–water partition coefficient (Wildman–Crippen LogP) is 4.98. The maximum absolute atomic E-state index is 13.6. The molecule has 178 valence electrons. The van der Waals surface area contributed by atoms with E-state index in [0.29, 0.717) is 18.7 Å². The monoisotopic (exact) mass is 454 g/mol. The zero-order valence-electron chi connectivity index (χ0n) is 20.5. The van der Waals surface area contributed by atoms with Crippen molar-refractivity contribution in [3.63, 3.8) is 0 Å². The van der Waals surface area contributed by atoms with E-state index in [4.69, 9.17) is 4.74 Å². The maximum atomic E-state index is 13.6. The highest BCUT2D eigenvalue weighted by molar-refractivity contribution is 5.81. The normalized spacial score (nSPS) is 16.5. The molecule has 0 aromatic heterocycles. The largest absolute Gasteiger partial charge is 0.481 e. The van der Waals surface area contributed by atoms with Gasteiger partial charge in [0.2, 0.25) is 5.91 Å². The average Bonchev–Trinajstić information content (AvgIpc) is 2.77. The van der Waals surface area contributed by atoms with E-state index in [2.05, 4.69) is 0 Å². The molecule has 2 amide bonds. The first-order valence-electron chi connectivity index (χ1n) is 11.7. The molecule has 2 aromatic rings. The Balaban J connectivity index is 1.96. The Morgan fingerprint density at radius 2 is 1.76 bits per heavy atom. The van der Waals surface area contributed by atoms with E-state index in [1.165, 1.54) is 12.1 Å². The fourth-order valence-corrected chi connectivity index (χ4v) is 4.20. The number of likely N-dealkylation sites (N-methyl/N-ethyl adjacent to an activating group) is 1. The van der Waals surface area contributed by atoms with Crippen LogP contribution in [-0.2, 0) is 16.0 Å². The molecule has 1 aliphatic rings. The van der Waals surface area contributed by atoms with E-state index in [9.17, 15) is 14.0 Å². The number of rotatable bonds is 7. The molecule has 5 nitrogen and oxygen atoms in total. The summed E-state index contributed by atoms with van der Waals surface area (Å²) in [5.41, 5.74) is 2.94. The van der Waals surface area contributed by atoms with Gasteiger partial charge in [0.1, 0.15) is 11.6 Å². The summed E-state index contributed by atoms with van der Waals surface area (Å²) in [7, 11) is 1.77. The zero-order valence-corrected chi connectivity index (χ0v) is 20.5. The van der Waals surface area contributed by atoms with E-state index >= 15 is 0 Å². The van der Waals surface area contributed by atoms with E-state index in [-0.39, 0.29) is 35.6 Å². The van der Waals surface area contributed by atoms with Crippen LogP contribution in [0.2, 0.25) is 0 Å². The first-order valence-corrected chi connectivity index (χ1v) is 11.7. The molecule has 1 heterocycles. The minimum absolute atomic E-state index is 0.0791. The molecule has 0 saturated carbocycles. The molecular weight excluding hydrogens is 419 g/mol. The van der Waals surface area contributed by atoms with Crippen molar-refractivity contribution < 1.29 is 18.7 Å². The SMILES string of the molecule is CC(C)CC(=O)N1CCc2ccc(OC(C)C(=O)N(C)C(C)C)cc2C1c1ccc(F)cc1. The molecule has 0 saturated heterocycles. The molecule has 0 fully saturated rings. The van der Waals surface area contributed by atoms with Gasteiger partial charge in [0.25, 0.3) is 5.91 Å². The summed E-state index contributed by atoms with van der Waals surface area (Å²) < 4.78 is 19.7. The minimum Gasteiger partial charge on any atom is -0.481 e. The number of carbonyl (C=O) groups is 2. The van der Waals surface area contributed by atoms with Crippen LogP contribution < -0.4 is 4.74 Å². The van der Waals surface area contributed by atoms with E-state index in [1.807, 2.05) is 50.8 Å². The lowest BCUT2D eigenvalue weighted by Gasteiger charge is -2.38. The molecule has 0 aliphatic carbocycles. The van der Waals surface area contributed by atoms with E-state index < -0.39 is 6.10 Å². The number of ether oxygens (including phenoxy) is 1. The molecule has 0 radical (unpaired) electrons. The molecule has 0 N–H and O–H groups in total. The zero-order chi connectivity index (χ0) is 24.3. The van der Waals surface area contributed by atoms with Crippen LogP contribution in [0.25, 0.3) is 0 Å². The second-order valence-electron chi connectivity index (χ2n) is 9.55. The van der Waals surface area contributed by atoms with Crippen molar-refractivity contribution in [3.8, 4) is 5.75 Å². The van der Waals surface area contributed by atoms with Crippen LogP contribution in [0.3, 0.4) is 0 Å². The van der Waals surface area contributed by atoms with Crippen LogP contribution in [0.4, 0.5) is 4.39 Å². The van der Waals surface area contributed by atoms with Crippen LogP contribution in [0.1, 0.15) is 63.8 Å². The van der Waals surface area contributed by atoms with Gasteiger partial charge in [0.15, 0.2) is 6.10 Å². The number of amides is 2. The molecular formula is C27H35FN2O3. The third kappa shape index (κ3) is 5.73. The Hall–Kier alpha value is -2.89. The quantitative estimate of drug-likeness (QED) is 0.593. The number of halogens is 1. The lowest BCUT2D eigenvalue weighted by molar-refractivity contribution is -0.138. The summed E-state index contributed by atoms with van der Waals surface area (Å²) in [5, 5.41) is 0. The molecule has 1 aliphatic heterocycles. The van der Waals surface area contributed by atoms with Gasteiger partial charge in [-0.05, 0) is 74.1 Å². The van der Waals surface area contributed by atoms with Crippen LogP contribution in [-0.4, -0.2) is 47.4 Å². The van der Waals surface area contributed by atoms with Gasteiger partial charge in [0, 0.05) is 26.1 Å². The second kappa shape index (κ2) is 10.4. The highest BCUT2D eigenvalue weighted by Gasteiger charge is 2.33. The fourth-order valence-electron chi connectivity index (χ4n) is 4.20. The number of benzene rings is 2. The summed E-state index contributed by atoms with van der Waals surface area (Å²) in [6.07, 6.45) is 0.555. The molecule has 2 atom stereocenters. The van der Waals surface area contributed by atoms with Gasteiger partial charge >= 0.3 is 0 Å². The van der Waals surface area contributed by atoms with Crippen molar-refractivity contribution >= 4 is 11.8 Å². The number of hydrogen-bond acceptors (Lipinski definition) is 3. The van der Waals surface area contributed by atoms with E-state index in [0.717, 1.165) is 23.1 Å². The Labute approximate surface area is 196 Å². The van der Waals surface area contributed by atoms with Crippen LogP contribution in [0.5, 0.6) is 5.75 Å². The van der Waals surface area contributed by atoms with Crippen molar-refractivity contribution in [1.82, 2.24) is 9.80 Å². The van der Waals surface area contributed by atoms with Gasteiger partial charge in [0.05, 0.1) is 6.04 Å². The second-order valence-corrected chi connectivity index (χ2v) is 9.55. The summed E-state index contributed by atoms with van der Waals surface area (Å²) >= 11 is 0. The summed E-state index contributed by atoms with van der Waals surface area (Å²) in [6, 6.07) is 11.9. The maximum Gasteiger partial charge on any atom is 0.263 e. The minimum atomic E-state index is -0.637. The van der Waals surface area contributed by atoms with Crippen LogP contribution >= 0.6 is 0 Å². The highest BCUT2D eigenvalue weighted by Crippen LogP contribution is 2.38. The predicted molar refractivity (Wildman–Crippen MR) is 128 cm³/mol. The van der Waals surface area contributed by atoms with Crippen molar-refractivity contribution in [1.29, 1.82) is 0 Å². The number of hydrogen-bond donors (Lipinski definition) is 0. The summed E-state index contributed by atoms with van der Waals surface area (Å²) in [4.78, 5) is 29.3. The van der Waals surface area contributed by atoms with E-state index in [1.54, 1.807) is 31.0 Å². The van der Waals surface area contributed by atoms with Crippen LogP contribution in [0, 0.1) is 11.7 Å². The van der Waals surface area contributed by atoms with Crippen molar-refractivity contribution in [2.45, 2.75) is 65.6 Å². The Morgan fingerprint density at radius 1 is 1.09 bits per heavy atom. The Kier molecular flexibility index (Phi) is 7.77. The molecule has 2 aromatic carbocycles. The van der Waals surface area contributed by atoms with Gasteiger partial charge in [-0.15, -0.1) is 0 Å². The van der Waals surface area contributed by atoms with Gasteiger partial charge in [-0.2, -0.15) is 0 Å². The summed E-state index contributed by atoms with van der Waals surface area (Å²) in [6.45, 7) is 10.3. The third-order valence-electron chi connectivity index (χ3n) is 6.22. The lowest BCUT2D eigenvalue weighted by Crippen LogP contribution is -2.42. The molecule has 3 rings (SSSR count). The molecule has 6 heteroatoms. The summed E-state index contributed by atoms with van der Waals surface area (Å²) in [5.74, 6) is 0.503. The van der Waals surface area contributed by atoms with Crippen molar-refractivity contribution in [2.24, 2.45) is 5.92 Å². The van der Waals surface area contributed by atoms with Gasteiger partial charge in [-0.3, -0.25) is 9.59 Å². The third-order valence-corrected chi connectivity index (χ3v) is 6.22. The average molecular weight is 455 g/mol. The number of nitrogens with zero attached hydrogens (tertiary/aromatic N) is 2. The lowest BCUT2D eigenvalue weighted by atomic mass is 9.87. The van der Waals surface area contributed by atoms with Gasteiger partial charge in [-0.1, -0.05) is 32.0 Å².